The summed E-state index contributed by atoms with van der Waals surface area (Å²) in [5.74, 6) is -1.44. The second-order valence-corrected chi connectivity index (χ2v) is 2.30. The van der Waals surface area contributed by atoms with Crippen LogP contribution in [0, 0.1) is 0 Å². The molecule has 0 saturated heterocycles. The van der Waals surface area contributed by atoms with Gasteiger partial charge in [-0.25, -0.2) is 13.6 Å². The molecule has 1 aromatic heterocycles. The van der Waals surface area contributed by atoms with E-state index in [2.05, 4.69) is 0 Å². The number of alkyl halides is 2. The molecule has 1 heterocycles. The molecule has 0 aliphatic carbocycles. The van der Waals surface area contributed by atoms with Crippen molar-refractivity contribution in [3.05, 3.63) is 33.7 Å². The minimum absolute atomic E-state index is 0.539. The second kappa shape index (κ2) is 3.34. The van der Waals surface area contributed by atoms with Crippen LogP contribution in [0.25, 0.3) is 0 Å². The third-order valence-corrected chi connectivity index (χ3v) is 1.35. The molecular formula is C7H5F2NO3. The van der Waals surface area contributed by atoms with Gasteiger partial charge in [-0.2, -0.15) is 0 Å². The topological polar surface area (TPSA) is 70.2 Å². The first kappa shape index (κ1) is 9.37. The Labute approximate surface area is 70.8 Å². The number of carbonyl (C=O) groups is 1. The van der Waals surface area contributed by atoms with Gasteiger partial charge in [0.2, 0.25) is 5.56 Å². The smallest absolute Gasteiger partial charge is 0.352 e. The summed E-state index contributed by atoms with van der Waals surface area (Å²) >= 11 is 0. The molecule has 0 unspecified atom stereocenters. The van der Waals surface area contributed by atoms with E-state index in [1.165, 1.54) is 0 Å². The summed E-state index contributed by atoms with van der Waals surface area (Å²) in [6.45, 7) is 0. The maximum absolute atomic E-state index is 12.0. The van der Waals surface area contributed by atoms with Crippen LogP contribution >= 0.6 is 0 Å². The van der Waals surface area contributed by atoms with Crippen LogP contribution in [0.3, 0.4) is 0 Å². The van der Waals surface area contributed by atoms with E-state index in [4.69, 9.17) is 5.11 Å². The molecule has 1 aromatic rings. The summed E-state index contributed by atoms with van der Waals surface area (Å²) in [7, 11) is 0. The molecule has 4 nitrogen and oxygen atoms in total. The first-order chi connectivity index (χ1) is 6.00. The fourth-order valence-electron chi connectivity index (χ4n) is 0.806. The zero-order chi connectivity index (χ0) is 10.0. The van der Waals surface area contributed by atoms with Crippen LogP contribution in [-0.4, -0.2) is 16.1 Å². The number of rotatable bonds is 2. The number of aromatic nitrogens is 1. The maximum atomic E-state index is 12.0. The first-order valence-corrected chi connectivity index (χ1v) is 3.26. The summed E-state index contributed by atoms with van der Waals surface area (Å²) in [4.78, 5) is 22.9. The molecule has 0 fully saturated rings. The molecule has 13 heavy (non-hydrogen) atoms. The van der Waals surface area contributed by atoms with Gasteiger partial charge < -0.3 is 10.1 Å². The lowest BCUT2D eigenvalue weighted by Crippen LogP contribution is -2.13. The standard InChI is InChI=1S/C7H5F2NO3/c8-6(9)3-1-4(7(12)13)10-5(11)2-3/h1-2,6H,(H,10,11)(H,12,13). The van der Waals surface area contributed by atoms with Crippen molar-refractivity contribution < 1.29 is 18.7 Å². The number of aromatic carboxylic acids is 1. The van der Waals surface area contributed by atoms with Crippen molar-refractivity contribution in [1.82, 2.24) is 4.98 Å². The average Bonchev–Trinajstić information content (AvgIpc) is 2.03. The van der Waals surface area contributed by atoms with E-state index in [1.54, 1.807) is 0 Å². The van der Waals surface area contributed by atoms with Gasteiger partial charge in [-0.3, -0.25) is 4.79 Å². The van der Waals surface area contributed by atoms with Crippen LogP contribution in [0.5, 0.6) is 0 Å². The highest BCUT2D eigenvalue weighted by Gasteiger charge is 2.12. The van der Waals surface area contributed by atoms with Crippen LogP contribution < -0.4 is 5.56 Å². The zero-order valence-corrected chi connectivity index (χ0v) is 6.25. The first-order valence-electron chi connectivity index (χ1n) is 3.26. The Balaban J connectivity index is 3.27. The van der Waals surface area contributed by atoms with Crippen molar-refractivity contribution in [1.29, 1.82) is 0 Å². The van der Waals surface area contributed by atoms with E-state index in [-0.39, 0.29) is 0 Å². The molecule has 0 bridgehead atoms. The van der Waals surface area contributed by atoms with Gasteiger partial charge in [0.05, 0.1) is 0 Å². The van der Waals surface area contributed by atoms with Gasteiger partial charge in [0, 0.05) is 11.6 Å². The van der Waals surface area contributed by atoms with Gasteiger partial charge in [-0.05, 0) is 6.07 Å². The largest absolute Gasteiger partial charge is 0.477 e. The quantitative estimate of drug-likeness (QED) is 0.729. The van der Waals surface area contributed by atoms with Crippen molar-refractivity contribution in [2.75, 3.05) is 0 Å². The number of carboxylic acids is 1. The minimum Gasteiger partial charge on any atom is -0.477 e. The van der Waals surface area contributed by atoms with Gasteiger partial charge in [-0.1, -0.05) is 0 Å². The normalized spacial score (nSPS) is 10.4. The number of hydrogen-bond acceptors (Lipinski definition) is 2. The van der Waals surface area contributed by atoms with Gasteiger partial charge in [0.1, 0.15) is 5.69 Å². The van der Waals surface area contributed by atoms with E-state index in [1.807, 2.05) is 4.98 Å². The van der Waals surface area contributed by atoms with Crippen molar-refractivity contribution in [2.24, 2.45) is 0 Å². The number of pyridine rings is 1. The predicted molar refractivity (Wildman–Crippen MR) is 39.0 cm³/mol. The van der Waals surface area contributed by atoms with E-state index >= 15 is 0 Å². The van der Waals surface area contributed by atoms with Crippen LogP contribution in [0.1, 0.15) is 22.5 Å². The molecule has 1 rings (SSSR count). The van der Waals surface area contributed by atoms with Crippen LogP contribution in [0.4, 0.5) is 8.78 Å². The lowest BCUT2D eigenvalue weighted by atomic mass is 10.2. The molecule has 0 atom stereocenters. The Morgan fingerprint density at radius 1 is 1.46 bits per heavy atom. The summed E-state index contributed by atoms with van der Waals surface area (Å²) in [6.07, 6.45) is -2.85. The molecule has 0 spiro atoms. The number of carboxylic acid groups (broad SMARTS) is 1. The third kappa shape index (κ3) is 2.11. The highest BCUT2D eigenvalue weighted by atomic mass is 19.3. The number of halogens is 2. The van der Waals surface area contributed by atoms with Gasteiger partial charge in [0.25, 0.3) is 6.43 Å². The predicted octanol–water partition coefficient (Wildman–Crippen LogP) is 1.01. The summed E-state index contributed by atoms with van der Waals surface area (Å²) in [5.41, 5.74) is -1.99. The van der Waals surface area contributed by atoms with Gasteiger partial charge >= 0.3 is 5.97 Å². The monoisotopic (exact) mass is 189 g/mol. The number of nitrogens with one attached hydrogen (secondary N) is 1. The number of aromatic amines is 1. The molecule has 0 aliphatic heterocycles. The SMILES string of the molecule is O=C(O)c1cc(C(F)F)cc(=O)[nH]1. The molecule has 0 aliphatic rings. The molecule has 0 aromatic carbocycles. The Morgan fingerprint density at radius 2 is 2.08 bits per heavy atom. The van der Waals surface area contributed by atoms with Crippen molar-refractivity contribution in [3.8, 4) is 0 Å². The van der Waals surface area contributed by atoms with E-state index in [9.17, 15) is 18.4 Å². The minimum atomic E-state index is -2.85. The second-order valence-electron chi connectivity index (χ2n) is 2.30. The van der Waals surface area contributed by atoms with Gasteiger partial charge in [-0.15, -0.1) is 0 Å². The number of H-pyrrole nitrogens is 1. The third-order valence-electron chi connectivity index (χ3n) is 1.35. The van der Waals surface area contributed by atoms with Crippen LogP contribution in [0.15, 0.2) is 16.9 Å². The van der Waals surface area contributed by atoms with Crippen molar-refractivity contribution in [2.45, 2.75) is 6.43 Å². The lowest BCUT2D eigenvalue weighted by Gasteiger charge is -1.99. The van der Waals surface area contributed by atoms with E-state index in [0.717, 1.165) is 6.07 Å². The van der Waals surface area contributed by atoms with Crippen molar-refractivity contribution in [3.63, 3.8) is 0 Å². The highest BCUT2D eigenvalue weighted by molar-refractivity contribution is 5.85. The van der Waals surface area contributed by atoms with Crippen LogP contribution in [-0.2, 0) is 0 Å². The molecule has 0 radical (unpaired) electrons. The Kier molecular flexibility index (Phi) is 2.41. The highest BCUT2D eigenvalue weighted by Crippen LogP contribution is 2.16. The number of hydrogen-bond donors (Lipinski definition) is 2. The fourth-order valence-corrected chi connectivity index (χ4v) is 0.806. The zero-order valence-electron chi connectivity index (χ0n) is 6.25. The summed E-state index contributed by atoms with van der Waals surface area (Å²) in [5, 5.41) is 8.40. The average molecular weight is 189 g/mol. The Hall–Kier alpha value is -1.72. The molecular weight excluding hydrogens is 184 g/mol. The van der Waals surface area contributed by atoms with Crippen molar-refractivity contribution >= 4 is 5.97 Å². The summed E-state index contributed by atoms with van der Waals surface area (Å²) < 4.78 is 24.1. The molecule has 6 heteroatoms. The fraction of sp³-hybridized carbons (Fsp3) is 0.143. The van der Waals surface area contributed by atoms with E-state index in [0.29, 0.717) is 6.07 Å². The maximum Gasteiger partial charge on any atom is 0.352 e. The Morgan fingerprint density at radius 3 is 2.54 bits per heavy atom. The Bertz CT molecular complexity index is 386. The molecule has 0 saturated carbocycles. The summed E-state index contributed by atoms with van der Waals surface area (Å²) in [6, 6.07) is 1.39. The van der Waals surface area contributed by atoms with E-state index < -0.39 is 29.2 Å². The lowest BCUT2D eigenvalue weighted by molar-refractivity contribution is 0.0689. The molecule has 0 amide bonds. The van der Waals surface area contributed by atoms with Crippen LogP contribution in [0.2, 0.25) is 0 Å². The molecule has 2 N–H and O–H groups in total. The van der Waals surface area contributed by atoms with Gasteiger partial charge in [0.15, 0.2) is 0 Å². The molecule has 70 valence electrons.